The molecule has 5 N–H and O–H groups in total. The molecular weight excluding hydrogens is 474 g/mol. The van der Waals surface area contributed by atoms with Gasteiger partial charge in [-0.1, -0.05) is 53.7 Å². The van der Waals surface area contributed by atoms with Crippen molar-refractivity contribution in [2.45, 2.75) is 105 Å². The van der Waals surface area contributed by atoms with Gasteiger partial charge < -0.3 is 26.6 Å². The van der Waals surface area contributed by atoms with Crippen LogP contribution in [-0.2, 0) is 19.2 Å². The topological polar surface area (TPSA) is 151 Å². The first-order valence-electron chi connectivity index (χ1n) is 17.1. The first kappa shape index (κ1) is 18.6. The van der Waals surface area contributed by atoms with E-state index in [1.54, 1.807) is 0 Å². The SMILES string of the molecule is [2H]C([2H])([2H])C(C)(C)NC(=O)N[C@H](C(=O)N1C[C@H]2[C@@H]([C@H]1C(=O)NC(CC1CCC1)C(=O)C(N)=O)C2(C)C([2H])([2H])[2H])C(C)(C)C([2H])([2H])[2H]. The van der Waals surface area contributed by atoms with E-state index in [1.165, 1.54) is 34.6 Å². The van der Waals surface area contributed by atoms with Crippen molar-refractivity contribution in [2.24, 2.45) is 34.3 Å². The maximum absolute atomic E-state index is 14.3. The van der Waals surface area contributed by atoms with Gasteiger partial charge in [-0.2, -0.15) is 0 Å². The van der Waals surface area contributed by atoms with Crippen LogP contribution in [0.3, 0.4) is 0 Å². The van der Waals surface area contributed by atoms with Crippen LogP contribution < -0.4 is 21.7 Å². The fourth-order valence-electron chi connectivity index (χ4n) is 5.43. The monoisotopic (exact) mass is 528 g/mol. The van der Waals surface area contributed by atoms with Gasteiger partial charge in [0.15, 0.2) is 0 Å². The van der Waals surface area contributed by atoms with E-state index in [9.17, 15) is 24.0 Å². The fourth-order valence-corrected chi connectivity index (χ4v) is 5.43. The number of urea groups is 1. The molecule has 37 heavy (non-hydrogen) atoms. The minimum atomic E-state index is -2.85. The van der Waals surface area contributed by atoms with Gasteiger partial charge in [0.25, 0.3) is 5.91 Å². The predicted molar refractivity (Wildman–Crippen MR) is 139 cm³/mol. The average molecular weight is 529 g/mol. The highest BCUT2D eigenvalue weighted by atomic mass is 16.2. The number of primary amides is 1. The molecule has 1 aliphatic heterocycles. The Morgan fingerprint density at radius 3 is 2.30 bits per heavy atom. The quantitative estimate of drug-likeness (QED) is 0.354. The highest BCUT2D eigenvalue weighted by Crippen LogP contribution is 2.65. The summed E-state index contributed by atoms with van der Waals surface area (Å²) in [5.74, 6) is -5.82. The Hall–Kier alpha value is -2.65. The number of nitrogens with two attached hydrogens (primary N) is 1. The largest absolute Gasteiger partial charge is 0.363 e. The second-order valence-corrected chi connectivity index (χ2v) is 12.1. The van der Waals surface area contributed by atoms with Crippen LogP contribution in [0.4, 0.5) is 4.79 Å². The van der Waals surface area contributed by atoms with Crippen molar-refractivity contribution < 1.29 is 36.3 Å². The molecule has 0 bridgehead atoms. The molecule has 5 amide bonds. The molecule has 0 radical (unpaired) electrons. The smallest absolute Gasteiger partial charge is 0.315 e. The number of hydrogen-bond donors (Lipinski definition) is 4. The standard InChI is InChI=1S/C27H45N5O5/c1-25(2,3)20(30-24(37)31-26(4,5)6)23(36)32-13-15-17(27(15,7)8)18(32)22(35)29-16(19(33)21(28)34)12-14-10-9-11-14/h14-18,20H,9-13H2,1-8H3,(H2,28,34)(H,29,35)(H2,30,31,37)/t15-,16?,17-,18-,20+/m0/s1/i1D3,4D3,7D3/t15-,16?,17-,18-,20+,27?. The number of nitrogens with zero attached hydrogens (tertiary/aromatic N) is 1. The average Bonchev–Trinajstić information content (AvgIpc) is 3.23. The molecule has 1 saturated heterocycles. The lowest BCUT2D eigenvalue weighted by molar-refractivity contribution is -0.145. The van der Waals surface area contributed by atoms with Crippen LogP contribution in [0, 0.1) is 28.6 Å². The number of likely N-dealkylation sites (tertiary alicyclic amines) is 1. The third-order valence-electron chi connectivity index (χ3n) is 7.75. The van der Waals surface area contributed by atoms with Crippen molar-refractivity contribution >= 4 is 29.5 Å². The number of hydrogen-bond acceptors (Lipinski definition) is 5. The van der Waals surface area contributed by atoms with E-state index < -0.39 is 96.4 Å². The lowest BCUT2D eigenvalue weighted by atomic mass is 9.80. The summed E-state index contributed by atoms with van der Waals surface area (Å²) in [4.78, 5) is 66.9. The molecule has 6 atom stereocenters. The lowest BCUT2D eigenvalue weighted by Gasteiger charge is -2.38. The number of carbonyl (C=O) groups is 5. The Morgan fingerprint density at radius 2 is 1.78 bits per heavy atom. The first-order valence-corrected chi connectivity index (χ1v) is 12.6. The van der Waals surface area contributed by atoms with Crippen molar-refractivity contribution in [1.82, 2.24) is 20.9 Å². The Balaban J connectivity index is 2.01. The number of piperidine rings is 1. The van der Waals surface area contributed by atoms with Gasteiger partial charge in [-0.15, -0.1) is 0 Å². The van der Waals surface area contributed by atoms with E-state index >= 15 is 0 Å². The first-order chi connectivity index (χ1) is 20.6. The molecule has 10 heteroatoms. The van der Waals surface area contributed by atoms with Crippen LogP contribution in [0.2, 0.25) is 0 Å². The summed E-state index contributed by atoms with van der Waals surface area (Å²) in [6, 6.07) is -5.80. The number of nitrogens with one attached hydrogen (secondary N) is 3. The van der Waals surface area contributed by atoms with Crippen LogP contribution in [0.5, 0.6) is 0 Å². The number of amides is 5. The summed E-state index contributed by atoms with van der Waals surface area (Å²) in [6.07, 6.45) is 2.57. The van der Waals surface area contributed by atoms with Gasteiger partial charge in [-0.25, -0.2) is 4.79 Å². The highest BCUT2D eigenvalue weighted by molar-refractivity contribution is 6.37. The second kappa shape index (κ2) is 9.91. The summed E-state index contributed by atoms with van der Waals surface area (Å²) in [6.45, 7) is -2.01. The second-order valence-electron chi connectivity index (χ2n) is 12.1. The Kier molecular flexibility index (Phi) is 4.97. The van der Waals surface area contributed by atoms with Gasteiger partial charge in [-0.3, -0.25) is 19.2 Å². The Morgan fingerprint density at radius 1 is 1.11 bits per heavy atom. The maximum atomic E-state index is 14.3. The minimum absolute atomic E-state index is 0.0440. The molecular formula is C27H45N5O5. The zero-order valence-electron chi connectivity index (χ0n) is 31.1. The van der Waals surface area contributed by atoms with Gasteiger partial charge in [0.05, 0.1) is 6.04 Å². The minimum Gasteiger partial charge on any atom is -0.363 e. The van der Waals surface area contributed by atoms with Crippen LogP contribution in [0.25, 0.3) is 0 Å². The third kappa shape index (κ3) is 6.26. The van der Waals surface area contributed by atoms with Crippen molar-refractivity contribution in [3.63, 3.8) is 0 Å². The summed E-state index contributed by atoms with van der Waals surface area (Å²) in [5, 5.41) is 7.10. The van der Waals surface area contributed by atoms with Gasteiger partial charge in [0.1, 0.15) is 12.1 Å². The van der Waals surface area contributed by atoms with Crippen molar-refractivity contribution in [1.29, 1.82) is 0 Å². The van der Waals surface area contributed by atoms with E-state index in [2.05, 4.69) is 16.0 Å². The molecule has 208 valence electrons. The number of carbonyl (C=O) groups excluding carboxylic acids is 5. The molecule has 0 spiro atoms. The fraction of sp³-hybridized carbons (Fsp3) is 0.815. The molecule has 0 aromatic carbocycles. The van der Waals surface area contributed by atoms with Gasteiger partial charge in [0.2, 0.25) is 17.6 Å². The number of ketones is 1. The van der Waals surface area contributed by atoms with E-state index in [4.69, 9.17) is 18.1 Å². The molecule has 0 aromatic rings. The molecule has 2 aliphatic carbocycles. The van der Waals surface area contributed by atoms with Crippen molar-refractivity contribution in [2.75, 3.05) is 6.54 Å². The van der Waals surface area contributed by atoms with E-state index in [1.807, 2.05) is 0 Å². The summed E-state index contributed by atoms with van der Waals surface area (Å²) in [7, 11) is 0. The van der Waals surface area contributed by atoms with E-state index in [0.717, 1.165) is 24.2 Å². The third-order valence-corrected chi connectivity index (χ3v) is 7.75. The van der Waals surface area contributed by atoms with Gasteiger partial charge in [-0.05, 0) is 55.7 Å². The molecule has 10 nitrogen and oxygen atoms in total. The number of rotatable bonds is 8. The van der Waals surface area contributed by atoms with E-state index in [0.29, 0.717) is 0 Å². The molecule has 3 rings (SSSR count). The van der Waals surface area contributed by atoms with Crippen LogP contribution in [0.15, 0.2) is 0 Å². The lowest BCUT2D eigenvalue weighted by Crippen LogP contribution is -2.62. The van der Waals surface area contributed by atoms with Crippen LogP contribution in [0.1, 0.15) is 93.2 Å². The summed E-state index contributed by atoms with van der Waals surface area (Å²) in [5.41, 5.74) is 0.0959. The van der Waals surface area contributed by atoms with Crippen molar-refractivity contribution in [3.05, 3.63) is 0 Å². The highest BCUT2D eigenvalue weighted by Gasteiger charge is 2.70. The predicted octanol–water partition coefficient (Wildman–Crippen LogP) is 1.71. The normalized spacial score (nSPS) is 33.5. The van der Waals surface area contributed by atoms with E-state index in [-0.39, 0.29) is 18.9 Å². The van der Waals surface area contributed by atoms with Gasteiger partial charge in [0, 0.05) is 24.4 Å². The molecule has 0 aromatic heterocycles. The zero-order chi connectivity index (χ0) is 35.6. The number of fused-ring (bicyclic) bond motifs is 1. The van der Waals surface area contributed by atoms with Crippen LogP contribution in [-0.4, -0.2) is 64.6 Å². The summed E-state index contributed by atoms with van der Waals surface area (Å²) >= 11 is 0. The zero-order valence-corrected chi connectivity index (χ0v) is 22.1. The molecule has 3 aliphatic rings. The van der Waals surface area contributed by atoms with Gasteiger partial charge >= 0.3 is 6.03 Å². The molecule has 2 unspecified atom stereocenters. The number of Topliss-reactive ketones (excluding diaryl/α,β-unsaturated/α-hetero) is 1. The molecule has 2 saturated carbocycles. The van der Waals surface area contributed by atoms with Crippen molar-refractivity contribution in [3.8, 4) is 0 Å². The Bertz CT molecular complexity index is 1260. The summed E-state index contributed by atoms with van der Waals surface area (Å²) < 4.78 is 71.8. The Labute approximate surface area is 232 Å². The molecule has 1 heterocycles. The molecule has 3 fully saturated rings. The maximum Gasteiger partial charge on any atom is 0.315 e. The van der Waals surface area contributed by atoms with Crippen LogP contribution >= 0.6 is 0 Å².